The number of aliphatic carboxylic acids is 1. The Balaban J connectivity index is 0.000000339. The first-order valence-electron chi connectivity index (χ1n) is 10.9. The Kier molecular flexibility index (Phi) is 7.21. The van der Waals surface area contributed by atoms with Gasteiger partial charge in [0.25, 0.3) is 0 Å². The minimum absolute atomic E-state index is 0.226. The molecular weight excluding hydrogens is 411 g/mol. The summed E-state index contributed by atoms with van der Waals surface area (Å²) in [7, 11) is 1.75. The van der Waals surface area contributed by atoms with Crippen LogP contribution in [0.15, 0.2) is 18.2 Å². The van der Waals surface area contributed by atoms with Gasteiger partial charge in [0.15, 0.2) is 0 Å². The van der Waals surface area contributed by atoms with E-state index < -0.39 is 12.1 Å². The summed E-state index contributed by atoms with van der Waals surface area (Å²) in [6.07, 6.45) is 3.89. The normalized spacial score (nSPS) is 24.7. The van der Waals surface area contributed by atoms with Gasteiger partial charge >= 0.3 is 12.1 Å². The third-order valence-corrected chi connectivity index (χ3v) is 6.60. The zero-order chi connectivity index (χ0) is 22.7. The second-order valence-electron chi connectivity index (χ2n) is 9.37. The van der Waals surface area contributed by atoms with Crippen molar-refractivity contribution in [3.05, 3.63) is 29.3 Å². The zero-order valence-electron chi connectivity index (χ0n) is 18.2. The fourth-order valence-corrected chi connectivity index (χ4v) is 4.63. The van der Waals surface area contributed by atoms with Gasteiger partial charge < -0.3 is 19.9 Å². The van der Waals surface area contributed by atoms with Crippen LogP contribution in [0.25, 0.3) is 0 Å². The summed E-state index contributed by atoms with van der Waals surface area (Å²) in [4.78, 5) is 8.90. The second-order valence-corrected chi connectivity index (χ2v) is 9.37. The van der Waals surface area contributed by atoms with Crippen LogP contribution in [0.3, 0.4) is 0 Å². The lowest BCUT2D eigenvalue weighted by atomic mass is 9.66. The molecule has 1 saturated heterocycles. The third kappa shape index (κ3) is 6.35. The number of alkyl halides is 3. The molecule has 1 atom stereocenters. The fourth-order valence-electron chi connectivity index (χ4n) is 4.63. The zero-order valence-corrected chi connectivity index (χ0v) is 18.2. The van der Waals surface area contributed by atoms with Crippen molar-refractivity contribution in [1.29, 1.82) is 0 Å². The van der Waals surface area contributed by atoms with Crippen LogP contribution < -0.4 is 10.1 Å². The number of ether oxygens (including phenoxy) is 2. The summed E-state index contributed by atoms with van der Waals surface area (Å²) in [5, 5.41) is 10.9. The lowest BCUT2D eigenvalue weighted by Gasteiger charge is -2.51. The highest BCUT2D eigenvalue weighted by Crippen LogP contribution is 2.48. The van der Waals surface area contributed by atoms with E-state index >= 15 is 0 Å². The van der Waals surface area contributed by atoms with E-state index in [-0.39, 0.29) is 5.60 Å². The predicted octanol–water partition coefficient (Wildman–Crippen LogP) is 5.03. The average molecular weight is 444 g/mol. The Morgan fingerprint density at radius 3 is 2.48 bits per heavy atom. The first-order chi connectivity index (χ1) is 14.6. The Hall–Kier alpha value is -1.80. The maximum atomic E-state index is 10.6. The van der Waals surface area contributed by atoms with Crippen molar-refractivity contribution in [2.75, 3.05) is 20.3 Å². The molecule has 2 saturated carbocycles. The van der Waals surface area contributed by atoms with E-state index in [1.807, 2.05) is 0 Å². The largest absolute Gasteiger partial charge is 0.497 e. The summed E-state index contributed by atoms with van der Waals surface area (Å²) in [5.41, 5.74) is 3.54. The molecule has 0 aromatic heterocycles. The number of halogens is 3. The van der Waals surface area contributed by atoms with Crippen LogP contribution in [0.1, 0.15) is 68.9 Å². The second kappa shape index (κ2) is 9.36. The molecule has 0 radical (unpaired) electrons. The fraction of sp³-hybridized carbons (Fsp3) is 0.696. The molecule has 3 aliphatic rings. The van der Waals surface area contributed by atoms with Crippen LogP contribution in [0.4, 0.5) is 13.2 Å². The Labute approximate surface area is 181 Å². The van der Waals surface area contributed by atoms with Gasteiger partial charge in [0.1, 0.15) is 5.75 Å². The number of nitrogens with one attached hydrogen (secondary N) is 1. The summed E-state index contributed by atoms with van der Waals surface area (Å²) in [5.74, 6) is -1.00. The smallest absolute Gasteiger partial charge is 0.490 e. The molecule has 1 heterocycles. The molecule has 5 nitrogen and oxygen atoms in total. The van der Waals surface area contributed by atoms with Gasteiger partial charge in [-0.25, -0.2) is 4.79 Å². The van der Waals surface area contributed by atoms with E-state index in [0.29, 0.717) is 5.41 Å². The van der Waals surface area contributed by atoms with Crippen molar-refractivity contribution in [1.82, 2.24) is 5.32 Å². The SMILES string of the molecule is COc1ccc(C2CC2)c(CNCC2(C)CCOC3(CCC3)C2)c1.O=C(O)C(F)(F)F. The molecule has 174 valence electrons. The summed E-state index contributed by atoms with van der Waals surface area (Å²) >= 11 is 0. The van der Waals surface area contributed by atoms with E-state index in [2.05, 4.69) is 30.4 Å². The molecule has 8 heteroatoms. The van der Waals surface area contributed by atoms with Crippen molar-refractivity contribution in [3.8, 4) is 5.75 Å². The van der Waals surface area contributed by atoms with E-state index in [1.54, 1.807) is 7.11 Å². The lowest BCUT2D eigenvalue weighted by Crippen LogP contribution is -2.51. The molecule has 2 aliphatic carbocycles. The summed E-state index contributed by atoms with van der Waals surface area (Å²) in [6, 6.07) is 6.60. The molecule has 4 rings (SSSR count). The van der Waals surface area contributed by atoms with E-state index in [9.17, 15) is 13.2 Å². The van der Waals surface area contributed by atoms with Crippen molar-refractivity contribution in [3.63, 3.8) is 0 Å². The van der Waals surface area contributed by atoms with Crippen LogP contribution in [-0.4, -0.2) is 43.1 Å². The van der Waals surface area contributed by atoms with Crippen molar-refractivity contribution in [2.24, 2.45) is 5.41 Å². The highest BCUT2D eigenvalue weighted by Gasteiger charge is 2.46. The van der Waals surface area contributed by atoms with Crippen LogP contribution >= 0.6 is 0 Å². The van der Waals surface area contributed by atoms with Crippen LogP contribution in [-0.2, 0) is 16.1 Å². The van der Waals surface area contributed by atoms with E-state index in [0.717, 1.165) is 31.4 Å². The topological polar surface area (TPSA) is 67.8 Å². The highest BCUT2D eigenvalue weighted by molar-refractivity contribution is 5.73. The standard InChI is InChI=1S/C21H31NO2.C2HF3O2/c1-20(10-11-24-21(14-20)8-3-9-21)15-22-13-17-12-18(23-2)6-7-19(17)16-4-5-16;3-2(4,5)1(6)7/h6-7,12,16,22H,3-5,8-11,13-15H2,1-2H3;(H,6,7). The van der Waals surface area contributed by atoms with Gasteiger partial charge in [0.05, 0.1) is 12.7 Å². The first kappa shape index (κ1) is 23.9. The van der Waals surface area contributed by atoms with Crippen molar-refractivity contribution >= 4 is 5.97 Å². The molecule has 1 aromatic rings. The van der Waals surface area contributed by atoms with Gasteiger partial charge in [0, 0.05) is 19.7 Å². The van der Waals surface area contributed by atoms with E-state index in [1.165, 1.54) is 56.1 Å². The Morgan fingerprint density at radius 2 is 1.97 bits per heavy atom. The van der Waals surface area contributed by atoms with Crippen molar-refractivity contribution in [2.45, 2.75) is 76.1 Å². The molecule has 2 N–H and O–H groups in total. The van der Waals surface area contributed by atoms with Gasteiger partial charge in [-0.3, -0.25) is 0 Å². The number of methoxy groups -OCH3 is 1. The predicted molar refractivity (Wildman–Crippen MR) is 110 cm³/mol. The number of rotatable bonds is 6. The molecule has 1 spiro atoms. The molecule has 1 aliphatic heterocycles. The average Bonchev–Trinajstić information content (AvgIpc) is 3.51. The quantitative estimate of drug-likeness (QED) is 0.645. The minimum Gasteiger partial charge on any atom is -0.497 e. The molecule has 3 fully saturated rings. The number of carboxylic acid groups (broad SMARTS) is 1. The molecule has 31 heavy (non-hydrogen) atoms. The summed E-state index contributed by atoms with van der Waals surface area (Å²) in [6.45, 7) is 5.41. The van der Waals surface area contributed by atoms with Gasteiger partial charge in [-0.15, -0.1) is 0 Å². The van der Waals surface area contributed by atoms with Crippen LogP contribution in [0.5, 0.6) is 5.75 Å². The van der Waals surface area contributed by atoms with Gasteiger partial charge in [-0.05, 0) is 79.5 Å². The maximum absolute atomic E-state index is 10.6. The molecule has 1 aromatic carbocycles. The van der Waals surface area contributed by atoms with Crippen LogP contribution in [0.2, 0.25) is 0 Å². The number of hydrogen-bond acceptors (Lipinski definition) is 4. The van der Waals surface area contributed by atoms with Gasteiger partial charge in [-0.2, -0.15) is 13.2 Å². The molecule has 0 bridgehead atoms. The van der Waals surface area contributed by atoms with E-state index in [4.69, 9.17) is 19.4 Å². The molecule has 1 unspecified atom stereocenters. The van der Waals surface area contributed by atoms with Gasteiger partial charge in [0.2, 0.25) is 0 Å². The van der Waals surface area contributed by atoms with Crippen LogP contribution in [0, 0.1) is 5.41 Å². The lowest BCUT2D eigenvalue weighted by molar-refractivity contribution is -0.192. The first-order valence-corrected chi connectivity index (χ1v) is 10.9. The Bertz CT molecular complexity index is 775. The molecule has 0 amide bonds. The highest BCUT2D eigenvalue weighted by atomic mass is 19.4. The number of benzene rings is 1. The summed E-state index contributed by atoms with van der Waals surface area (Å²) < 4.78 is 43.3. The number of carboxylic acids is 1. The Morgan fingerprint density at radius 1 is 1.29 bits per heavy atom. The molecular formula is C23H32F3NO4. The van der Waals surface area contributed by atoms with Crippen molar-refractivity contribution < 1.29 is 32.5 Å². The third-order valence-electron chi connectivity index (χ3n) is 6.60. The van der Waals surface area contributed by atoms with Gasteiger partial charge in [-0.1, -0.05) is 13.0 Å². The number of hydrogen-bond donors (Lipinski definition) is 2. The minimum atomic E-state index is -5.08. The maximum Gasteiger partial charge on any atom is 0.490 e. The number of carbonyl (C=O) groups is 1. The monoisotopic (exact) mass is 443 g/mol.